The molecule has 0 aliphatic rings. The molecular formula is C40H41BrF8N18O2. The highest BCUT2D eigenvalue weighted by atomic mass is 79.9. The molecule has 2 aromatic carbocycles. The fourth-order valence-electron chi connectivity index (χ4n) is 5.96. The van der Waals surface area contributed by atoms with Crippen LogP contribution in [0.25, 0.3) is 6.08 Å². The molecule has 0 aliphatic heterocycles. The number of halogens is 9. The lowest BCUT2D eigenvalue weighted by Gasteiger charge is -2.35. The van der Waals surface area contributed by atoms with Crippen molar-refractivity contribution in [3.63, 3.8) is 0 Å². The van der Waals surface area contributed by atoms with Crippen LogP contribution in [0.15, 0.2) is 122 Å². The Morgan fingerprint density at radius 3 is 1.36 bits per heavy atom. The van der Waals surface area contributed by atoms with Crippen LogP contribution in [0.1, 0.15) is 44.4 Å². The number of aromatic nitrogens is 18. The van der Waals surface area contributed by atoms with Crippen LogP contribution in [0.2, 0.25) is 0 Å². The molecular weight excluding hydrogens is 996 g/mol. The molecule has 0 spiro atoms. The van der Waals surface area contributed by atoms with Gasteiger partial charge in [0.05, 0.1) is 26.2 Å². The molecule has 8 aromatic rings. The van der Waals surface area contributed by atoms with Crippen molar-refractivity contribution in [2.45, 2.75) is 64.1 Å². The molecule has 2 unspecified atom stereocenters. The number of benzene rings is 2. The molecule has 6 aromatic heterocycles. The Morgan fingerprint density at radius 2 is 1.00 bits per heavy atom. The van der Waals surface area contributed by atoms with Gasteiger partial charge in [0.15, 0.2) is 11.2 Å². The Balaban J connectivity index is 0.000000313. The highest BCUT2D eigenvalue weighted by molar-refractivity contribution is 9.10. The first kappa shape index (κ1) is 54.0. The number of rotatable bonds is 15. The predicted octanol–water partition coefficient (Wildman–Crippen LogP) is 5.89. The van der Waals surface area contributed by atoms with Crippen LogP contribution < -0.4 is 0 Å². The van der Waals surface area contributed by atoms with Crippen LogP contribution in [0.4, 0.5) is 35.1 Å². The molecule has 0 radical (unpaired) electrons. The van der Waals surface area contributed by atoms with Crippen molar-refractivity contribution in [3.05, 3.63) is 173 Å². The first-order valence-corrected chi connectivity index (χ1v) is 19.6. The van der Waals surface area contributed by atoms with E-state index in [4.69, 9.17) is 0 Å². The van der Waals surface area contributed by atoms with Crippen LogP contribution in [-0.4, -0.2) is 101 Å². The molecule has 2 N–H and O–H groups in total. The van der Waals surface area contributed by atoms with Gasteiger partial charge in [0.1, 0.15) is 60.0 Å². The second-order valence-electron chi connectivity index (χ2n) is 13.7. The molecule has 20 nitrogen and oxygen atoms in total. The van der Waals surface area contributed by atoms with Crippen molar-refractivity contribution >= 4 is 22.0 Å². The average molecular weight is 1040 g/mol. The summed E-state index contributed by atoms with van der Waals surface area (Å²) in [4.78, 5) is 7.37. The van der Waals surface area contributed by atoms with Crippen molar-refractivity contribution in [1.82, 2.24) is 90.8 Å². The summed E-state index contributed by atoms with van der Waals surface area (Å²) >= 11 is 3.07. The van der Waals surface area contributed by atoms with Crippen molar-refractivity contribution in [3.8, 4) is 0 Å². The van der Waals surface area contributed by atoms with E-state index in [1.54, 1.807) is 29.2 Å². The smallest absolute Gasteiger partial charge is 0.323 e. The van der Waals surface area contributed by atoms with Crippen molar-refractivity contribution in [2.24, 2.45) is 0 Å². The quantitative estimate of drug-likeness (QED) is 0.0898. The van der Waals surface area contributed by atoms with E-state index in [-0.39, 0.29) is 16.3 Å². The van der Waals surface area contributed by atoms with Crippen molar-refractivity contribution in [2.75, 3.05) is 0 Å². The topological polar surface area (TPSA) is 241 Å². The maximum atomic E-state index is 15.6. The van der Waals surface area contributed by atoms with Crippen molar-refractivity contribution in [1.29, 1.82) is 0 Å². The van der Waals surface area contributed by atoms with Gasteiger partial charge in [-0.25, -0.2) is 36.3 Å². The third-order valence-electron chi connectivity index (χ3n) is 9.22. The second kappa shape index (κ2) is 23.4. The lowest BCUT2D eigenvalue weighted by Crippen LogP contribution is -2.48. The maximum Gasteiger partial charge on any atom is 0.323 e. The molecule has 0 saturated heterocycles. The number of tetrazole rings is 4. The SMILES string of the molecule is C.C.C=CCn1cnnn1.OC(Cn1cnnn1)(c1ccc(F)cc1F)C(F)(F)c1ccc(/C=C/Cn2cnnn2)cn1.OC(Cn1cnnn1)(c1ccc(F)cc1F)C(F)(F)c1ccc(Br)cn1.[3HH]. The van der Waals surface area contributed by atoms with Gasteiger partial charge in [-0.05, 0) is 106 Å². The minimum atomic E-state index is -4.12. The van der Waals surface area contributed by atoms with Gasteiger partial charge in [-0.15, -0.1) is 27.0 Å². The summed E-state index contributed by atoms with van der Waals surface area (Å²) in [5.41, 5.74) is -9.13. The Kier molecular flexibility index (Phi) is 18.3. The summed E-state index contributed by atoms with van der Waals surface area (Å²) in [6.45, 7) is 2.72. The van der Waals surface area contributed by atoms with E-state index in [2.05, 4.69) is 94.6 Å². The van der Waals surface area contributed by atoms with Gasteiger partial charge in [-0.3, -0.25) is 9.97 Å². The molecule has 0 bridgehead atoms. The number of aliphatic hydroxyl groups is 2. The number of nitrogens with zero attached hydrogens (tertiary/aromatic N) is 18. The molecule has 0 saturated carbocycles. The molecule has 6 heterocycles. The lowest BCUT2D eigenvalue weighted by atomic mass is 9.84. The highest BCUT2D eigenvalue weighted by Gasteiger charge is 2.59. The Labute approximate surface area is 395 Å². The van der Waals surface area contributed by atoms with Gasteiger partial charge < -0.3 is 10.2 Å². The third-order valence-corrected chi connectivity index (χ3v) is 9.68. The summed E-state index contributed by atoms with van der Waals surface area (Å²) in [5, 5.41) is 63.3. The van der Waals surface area contributed by atoms with E-state index in [0.717, 1.165) is 70.8 Å². The highest BCUT2D eigenvalue weighted by Crippen LogP contribution is 2.48. The van der Waals surface area contributed by atoms with Crippen LogP contribution in [-0.2, 0) is 49.2 Å². The van der Waals surface area contributed by atoms with Crippen LogP contribution in [0.3, 0.4) is 0 Å². The first-order chi connectivity index (χ1) is 32.0. The average Bonchev–Trinajstić information content (AvgIpc) is 4.16. The Bertz CT molecular complexity index is 2840. The lowest BCUT2D eigenvalue weighted by molar-refractivity contribution is -0.207. The zero-order valence-corrected chi connectivity index (χ0v) is 35.4. The minimum absolute atomic E-state index is 0. The standard InChI is InChI=1S/C19H15F4N9O.C15H10BrF4N5O.C4H6N4.2CH4.H2/c20-14-4-5-15(16(21)8-14)18(33,10-32-12-26-28-30-32)19(22,23)17-6-3-13(9-24-17)2-1-7-31-11-25-27-29-31;16-9-1-4-13(21-6-9)15(19,20)14(26,7-25-8-22-23-24-25)11-3-2-10(17)5-12(11)18;1-2-3-8-4-5-6-7-8;;;/h1-6,8-9,11-12,33H,7,10H2;1-6,8,26H,7H2;2,4H,1,3H2;2*1H4;1H/b2-1+;;;;;/i;;;;;1+2. The maximum absolute atomic E-state index is 15.6. The number of hydrogen-bond acceptors (Lipinski definition) is 16. The van der Waals surface area contributed by atoms with Gasteiger partial charge >= 0.3 is 11.8 Å². The van der Waals surface area contributed by atoms with E-state index in [1.807, 2.05) is 0 Å². The molecule has 0 fully saturated rings. The fourth-order valence-corrected chi connectivity index (χ4v) is 6.20. The van der Waals surface area contributed by atoms with Gasteiger partial charge in [-0.2, -0.15) is 17.6 Å². The predicted molar refractivity (Wildman–Crippen MR) is 231 cm³/mol. The van der Waals surface area contributed by atoms with E-state index < -0.39 is 81.9 Å². The molecule has 0 amide bonds. The zero-order chi connectivity index (χ0) is 48.2. The largest absolute Gasteiger partial charge is 0.377 e. The molecule has 29 heteroatoms. The minimum Gasteiger partial charge on any atom is -0.377 e. The molecule has 2 atom stereocenters. The normalized spacial score (nSPS) is 13.1. The number of pyridine rings is 2. The van der Waals surface area contributed by atoms with E-state index in [9.17, 15) is 27.8 Å². The molecule has 8 rings (SSSR count). The third kappa shape index (κ3) is 12.7. The van der Waals surface area contributed by atoms with Crippen molar-refractivity contribution < 1.29 is 46.8 Å². The summed E-state index contributed by atoms with van der Waals surface area (Å²) in [7, 11) is 0. The van der Waals surface area contributed by atoms with Crippen LogP contribution in [0.5, 0.6) is 0 Å². The molecule has 0 aliphatic carbocycles. The van der Waals surface area contributed by atoms with Gasteiger partial charge in [0.25, 0.3) is 0 Å². The summed E-state index contributed by atoms with van der Waals surface area (Å²) in [6, 6.07) is 8.49. The fraction of sp³-hybridized carbons (Fsp3) is 0.250. The monoisotopic (exact) mass is 1040 g/mol. The summed E-state index contributed by atoms with van der Waals surface area (Å²) < 4.78 is 122. The summed E-state index contributed by atoms with van der Waals surface area (Å²) in [6.07, 6.45) is 12.2. The van der Waals surface area contributed by atoms with Gasteiger partial charge in [0.2, 0.25) is 0 Å². The Morgan fingerprint density at radius 1 is 0.580 bits per heavy atom. The number of hydrogen-bond donors (Lipinski definition) is 2. The zero-order valence-electron chi connectivity index (χ0n) is 33.9. The molecule has 366 valence electrons. The number of allylic oxidation sites excluding steroid dienone is 2. The van der Waals surface area contributed by atoms with E-state index in [1.165, 1.54) is 23.1 Å². The van der Waals surface area contributed by atoms with E-state index >= 15 is 17.6 Å². The van der Waals surface area contributed by atoms with Crippen LogP contribution in [0, 0.1) is 23.3 Å². The second-order valence-corrected chi connectivity index (χ2v) is 14.6. The number of alkyl halides is 4. The van der Waals surface area contributed by atoms with Crippen LogP contribution >= 0.6 is 15.9 Å². The van der Waals surface area contributed by atoms with Gasteiger partial charge in [0, 0.05) is 41.6 Å². The van der Waals surface area contributed by atoms with E-state index in [0.29, 0.717) is 35.3 Å². The Hall–Kier alpha value is -7.66. The summed E-state index contributed by atoms with van der Waals surface area (Å²) in [5.74, 6) is -12.8. The first-order valence-electron chi connectivity index (χ1n) is 18.8. The molecule has 69 heavy (non-hydrogen) atoms. The van der Waals surface area contributed by atoms with Gasteiger partial charge in [-0.1, -0.05) is 39.1 Å².